The first-order chi connectivity index (χ1) is 12.0. The lowest BCUT2D eigenvalue weighted by atomic mass is 10.0. The fraction of sp³-hybridized carbons (Fsp3) is 0.333. The first-order valence-corrected chi connectivity index (χ1v) is 8.32. The monoisotopic (exact) mass is 410 g/mol. The van der Waals surface area contributed by atoms with E-state index in [1.807, 2.05) is 0 Å². The van der Waals surface area contributed by atoms with E-state index in [2.05, 4.69) is 0 Å². The quantitative estimate of drug-likeness (QED) is 0.418. The predicted octanol–water partition coefficient (Wildman–Crippen LogP) is 6.40. The van der Waals surface area contributed by atoms with Crippen LogP contribution in [0.25, 0.3) is 0 Å². The molecule has 0 spiro atoms. The van der Waals surface area contributed by atoms with Gasteiger partial charge in [-0.25, -0.2) is 0 Å². The number of benzene rings is 2. The maximum absolute atomic E-state index is 13.4. The zero-order chi connectivity index (χ0) is 19.3. The largest absolute Gasteiger partial charge is 0.497 e. The summed E-state index contributed by atoms with van der Waals surface area (Å²) in [5, 5.41) is 0. The summed E-state index contributed by atoms with van der Waals surface area (Å²) in [6.45, 7) is 0. The van der Waals surface area contributed by atoms with Crippen LogP contribution in [-0.2, 0) is 5.92 Å². The summed E-state index contributed by atoms with van der Waals surface area (Å²) in [4.78, 5) is 0. The van der Waals surface area contributed by atoms with Crippen LogP contribution in [0.3, 0.4) is 0 Å². The van der Waals surface area contributed by atoms with Crippen LogP contribution in [-0.4, -0.2) is 17.6 Å². The van der Waals surface area contributed by atoms with E-state index < -0.39 is 27.9 Å². The van der Waals surface area contributed by atoms with Crippen molar-refractivity contribution in [1.82, 2.24) is 0 Å². The molecule has 0 heterocycles. The van der Waals surface area contributed by atoms with Crippen LogP contribution < -0.4 is 4.74 Å². The molecule has 1 aliphatic carbocycles. The molecule has 1 aliphatic rings. The van der Waals surface area contributed by atoms with Crippen molar-refractivity contribution in [3.05, 3.63) is 65.2 Å². The van der Waals surface area contributed by atoms with E-state index in [0.717, 1.165) is 17.7 Å². The van der Waals surface area contributed by atoms with Crippen molar-refractivity contribution in [2.45, 2.75) is 28.3 Å². The molecule has 2 unspecified atom stereocenters. The first-order valence-electron chi connectivity index (χ1n) is 7.57. The van der Waals surface area contributed by atoms with Gasteiger partial charge < -0.3 is 4.74 Å². The van der Waals surface area contributed by atoms with Crippen molar-refractivity contribution in [2.75, 3.05) is 7.11 Å². The summed E-state index contributed by atoms with van der Waals surface area (Å²) in [6.07, 6.45) is -5.65. The fourth-order valence-electron chi connectivity index (χ4n) is 3.03. The molecule has 2 aromatic carbocycles. The third-order valence-electron chi connectivity index (χ3n) is 4.52. The van der Waals surface area contributed by atoms with Gasteiger partial charge in [0, 0.05) is 17.4 Å². The number of hydrogen-bond donors (Lipinski definition) is 0. The molecule has 2 atom stereocenters. The number of alkyl halides is 7. The van der Waals surface area contributed by atoms with Gasteiger partial charge in [-0.2, -0.15) is 22.0 Å². The highest BCUT2D eigenvalue weighted by Crippen LogP contribution is 2.70. The summed E-state index contributed by atoms with van der Waals surface area (Å²) in [5.41, 5.74) is 0.202. The average molecular weight is 411 g/mol. The molecule has 0 radical (unpaired) electrons. The Morgan fingerprint density at radius 2 is 1.23 bits per heavy atom. The van der Waals surface area contributed by atoms with Gasteiger partial charge in [0.15, 0.2) is 0 Å². The maximum atomic E-state index is 13.4. The highest BCUT2D eigenvalue weighted by Gasteiger charge is 2.64. The second kappa shape index (κ2) is 6.27. The van der Waals surface area contributed by atoms with E-state index in [1.165, 1.54) is 19.2 Å². The minimum Gasteiger partial charge on any atom is -0.497 e. The van der Waals surface area contributed by atoms with E-state index in [1.54, 1.807) is 24.3 Å². The molecule has 3 rings (SSSR count). The van der Waals surface area contributed by atoms with E-state index in [0.29, 0.717) is 11.3 Å². The Balaban J connectivity index is 1.85. The number of halogens is 7. The lowest BCUT2D eigenvalue weighted by Gasteiger charge is -2.20. The van der Waals surface area contributed by atoms with Crippen LogP contribution >= 0.6 is 23.2 Å². The van der Waals surface area contributed by atoms with E-state index in [9.17, 15) is 22.0 Å². The molecule has 0 aromatic heterocycles. The second-order valence-corrected chi connectivity index (χ2v) is 7.54. The molecule has 1 fully saturated rings. The van der Waals surface area contributed by atoms with Crippen molar-refractivity contribution in [3.8, 4) is 5.75 Å². The SMILES string of the molecule is COc1ccc(C2C(c3ccc(C(F)(F)C(F)(F)F)cc3)C2(Cl)Cl)cc1. The van der Waals surface area contributed by atoms with Crippen molar-refractivity contribution < 1.29 is 26.7 Å². The predicted molar refractivity (Wildman–Crippen MR) is 89.3 cm³/mol. The molecule has 1 saturated carbocycles. The van der Waals surface area contributed by atoms with Gasteiger partial charge >= 0.3 is 12.1 Å². The summed E-state index contributed by atoms with van der Waals surface area (Å²) in [6, 6.07) is 11.0. The molecular formula is C18H13Cl2F5O. The van der Waals surface area contributed by atoms with Gasteiger partial charge in [-0.3, -0.25) is 0 Å². The van der Waals surface area contributed by atoms with E-state index in [-0.39, 0.29) is 5.92 Å². The van der Waals surface area contributed by atoms with Crippen LogP contribution in [0.1, 0.15) is 28.5 Å². The van der Waals surface area contributed by atoms with Crippen LogP contribution in [0, 0.1) is 0 Å². The van der Waals surface area contributed by atoms with E-state index in [4.69, 9.17) is 27.9 Å². The van der Waals surface area contributed by atoms with Crippen molar-refractivity contribution in [2.24, 2.45) is 0 Å². The third-order valence-corrected chi connectivity index (χ3v) is 5.46. The Morgan fingerprint density at radius 1 is 0.808 bits per heavy atom. The Hall–Kier alpha value is -1.53. The Bertz CT molecular complexity index is 785. The Morgan fingerprint density at radius 3 is 1.62 bits per heavy atom. The maximum Gasteiger partial charge on any atom is 0.458 e. The van der Waals surface area contributed by atoms with Crippen LogP contribution in [0.5, 0.6) is 5.75 Å². The van der Waals surface area contributed by atoms with Gasteiger partial charge in [0.1, 0.15) is 10.1 Å². The summed E-state index contributed by atoms with van der Waals surface area (Å²) < 4.78 is 68.1. The van der Waals surface area contributed by atoms with Crippen molar-refractivity contribution in [1.29, 1.82) is 0 Å². The van der Waals surface area contributed by atoms with E-state index >= 15 is 0 Å². The first kappa shape index (κ1) is 19.2. The molecule has 140 valence electrons. The van der Waals surface area contributed by atoms with Gasteiger partial charge in [-0.1, -0.05) is 36.4 Å². The average Bonchev–Trinajstić information content (AvgIpc) is 3.16. The Labute approximate surface area is 156 Å². The Kier molecular flexibility index (Phi) is 4.64. The van der Waals surface area contributed by atoms with Gasteiger partial charge in [-0.15, -0.1) is 23.2 Å². The van der Waals surface area contributed by atoms with Crippen molar-refractivity contribution in [3.63, 3.8) is 0 Å². The van der Waals surface area contributed by atoms with Gasteiger partial charge in [0.25, 0.3) is 0 Å². The minimum absolute atomic E-state index is 0.300. The molecular weight excluding hydrogens is 398 g/mol. The molecule has 0 bridgehead atoms. The summed E-state index contributed by atoms with van der Waals surface area (Å²) in [5.74, 6) is -4.97. The molecule has 0 amide bonds. The van der Waals surface area contributed by atoms with Gasteiger partial charge in [-0.05, 0) is 23.3 Å². The van der Waals surface area contributed by atoms with Crippen molar-refractivity contribution >= 4 is 23.2 Å². The van der Waals surface area contributed by atoms with Crippen LogP contribution in [0.4, 0.5) is 22.0 Å². The highest BCUT2D eigenvalue weighted by atomic mass is 35.5. The normalized spacial score (nSPS) is 22.2. The molecule has 2 aromatic rings. The standard InChI is InChI=1S/C18H13Cl2F5O/c1-26-13-8-4-11(5-9-13)15-14(16(15,19)20)10-2-6-12(7-3-10)17(21,22)18(23,24)25/h2-9,14-15H,1H3. The van der Waals surface area contributed by atoms with Crippen LogP contribution in [0.2, 0.25) is 0 Å². The summed E-state index contributed by atoms with van der Waals surface area (Å²) >= 11 is 12.6. The molecule has 26 heavy (non-hydrogen) atoms. The van der Waals surface area contributed by atoms with Gasteiger partial charge in [0.2, 0.25) is 0 Å². The second-order valence-electron chi connectivity index (χ2n) is 6.10. The number of ether oxygens (including phenoxy) is 1. The zero-order valence-electron chi connectivity index (χ0n) is 13.3. The third kappa shape index (κ3) is 3.14. The highest BCUT2D eigenvalue weighted by molar-refractivity contribution is 6.52. The lowest BCUT2D eigenvalue weighted by Crippen LogP contribution is -2.33. The fourth-order valence-corrected chi connectivity index (χ4v) is 3.91. The lowest BCUT2D eigenvalue weighted by molar-refractivity contribution is -0.289. The minimum atomic E-state index is -5.65. The molecule has 0 saturated heterocycles. The molecule has 0 aliphatic heterocycles. The molecule has 1 nitrogen and oxygen atoms in total. The van der Waals surface area contributed by atoms with Crippen LogP contribution in [0.15, 0.2) is 48.5 Å². The number of rotatable bonds is 4. The topological polar surface area (TPSA) is 9.23 Å². The number of hydrogen-bond acceptors (Lipinski definition) is 1. The smallest absolute Gasteiger partial charge is 0.458 e. The molecule has 0 N–H and O–H groups in total. The number of methoxy groups -OCH3 is 1. The zero-order valence-corrected chi connectivity index (χ0v) is 14.8. The molecule has 8 heteroatoms. The van der Waals surface area contributed by atoms with Gasteiger partial charge in [0.05, 0.1) is 7.11 Å². The summed E-state index contributed by atoms with van der Waals surface area (Å²) in [7, 11) is 1.53.